The monoisotopic (exact) mass is 340 g/mol. The largest absolute Gasteiger partial charge is 0.478 e. The van der Waals surface area contributed by atoms with E-state index in [-0.39, 0.29) is 11.6 Å². The molecule has 1 atom stereocenters. The fraction of sp³-hybridized carbons (Fsp3) is 0.429. The number of rotatable bonds is 4. The molecule has 1 aromatic rings. The number of urea groups is 1. The third kappa shape index (κ3) is 3.50. The van der Waals surface area contributed by atoms with Gasteiger partial charge in [0.05, 0.1) is 11.3 Å². The molecule has 6 heteroatoms. The molecule has 1 aliphatic rings. The van der Waals surface area contributed by atoms with Gasteiger partial charge in [0, 0.05) is 11.0 Å². The van der Waals surface area contributed by atoms with Crippen LogP contribution in [-0.2, 0) is 0 Å². The van der Waals surface area contributed by atoms with Crippen LogP contribution < -0.4 is 10.6 Å². The van der Waals surface area contributed by atoms with E-state index < -0.39 is 5.97 Å². The van der Waals surface area contributed by atoms with Crippen LogP contribution in [-0.4, -0.2) is 23.7 Å². The minimum atomic E-state index is -1.00. The van der Waals surface area contributed by atoms with Crippen LogP contribution in [0.15, 0.2) is 22.7 Å². The number of carbonyl (C=O) groups excluding carboxylic acids is 1. The van der Waals surface area contributed by atoms with Crippen LogP contribution >= 0.6 is 15.9 Å². The van der Waals surface area contributed by atoms with Crippen LogP contribution in [0.4, 0.5) is 10.5 Å². The highest BCUT2D eigenvalue weighted by Gasteiger charge is 2.45. The number of anilines is 1. The Morgan fingerprint density at radius 1 is 1.45 bits per heavy atom. The third-order valence-corrected chi connectivity index (χ3v) is 4.35. The van der Waals surface area contributed by atoms with Gasteiger partial charge in [0.15, 0.2) is 0 Å². The zero-order chi connectivity index (χ0) is 14.9. The predicted molar refractivity (Wildman–Crippen MR) is 80.0 cm³/mol. The van der Waals surface area contributed by atoms with Gasteiger partial charge in [0.2, 0.25) is 0 Å². The predicted octanol–water partition coefficient (Wildman–Crippen LogP) is 3.31. The van der Waals surface area contributed by atoms with Gasteiger partial charge < -0.3 is 15.7 Å². The molecule has 1 aliphatic carbocycles. The van der Waals surface area contributed by atoms with Crippen LogP contribution in [0.25, 0.3) is 0 Å². The summed E-state index contributed by atoms with van der Waals surface area (Å²) >= 11 is 3.25. The molecule has 1 saturated carbocycles. The van der Waals surface area contributed by atoms with Gasteiger partial charge in [0.25, 0.3) is 0 Å². The fourth-order valence-corrected chi connectivity index (χ4v) is 2.53. The van der Waals surface area contributed by atoms with Crippen LogP contribution in [0.3, 0.4) is 0 Å². The molecule has 3 N–H and O–H groups in total. The molecule has 0 aromatic heterocycles. The molecule has 1 fully saturated rings. The molecular formula is C14H17BrN2O3. The molecule has 2 rings (SSSR count). The lowest BCUT2D eigenvalue weighted by Crippen LogP contribution is -2.31. The summed E-state index contributed by atoms with van der Waals surface area (Å²) in [6, 6.07) is 4.19. The molecule has 20 heavy (non-hydrogen) atoms. The van der Waals surface area contributed by atoms with Crippen LogP contribution in [0, 0.1) is 11.3 Å². The summed E-state index contributed by atoms with van der Waals surface area (Å²) in [7, 11) is 0. The zero-order valence-electron chi connectivity index (χ0n) is 11.4. The van der Waals surface area contributed by atoms with E-state index >= 15 is 0 Å². The summed E-state index contributed by atoms with van der Waals surface area (Å²) < 4.78 is 0.541. The van der Waals surface area contributed by atoms with Gasteiger partial charge >= 0.3 is 12.0 Å². The Bertz CT molecular complexity index is 557. The Labute approximate surface area is 125 Å². The van der Waals surface area contributed by atoms with Crippen molar-refractivity contribution in [2.75, 3.05) is 11.9 Å². The van der Waals surface area contributed by atoms with Gasteiger partial charge in [-0.15, -0.1) is 0 Å². The second kappa shape index (κ2) is 5.44. The van der Waals surface area contributed by atoms with Crippen molar-refractivity contribution in [1.29, 1.82) is 0 Å². The number of carboxylic acids is 1. The summed E-state index contributed by atoms with van der Waals surface area (Å²) in [6.07, 6.45) is 1.13. The number of amides is 2. The number of nitrogens with one attached hydrogen (secondary N) is 2. The highest BCUT2D eigenvalue weighted by atomic mass is 79.9. The highest BCUT2D eigenvalue weighted by Crippen LogP contribution is 2.50. The first-order chi connectivity index (χ1) is 9.29. The van der Waals surface area contributed by atoms with Crippen molar-refractivity contribution in [3.05, 3.63) is 28.2 Å². The maximum atomic E-state index is 11.8. The Morgan fingerprint density at radius 2 is 2.10 bits per heavy atom. The SMILES string of the molecule is CC1(C)CC1CNC(=O)Nc1ccc(C(=O)O)cc1Br. The zero-order valence-corrected chi connectivity index (χ0v) is 13.0. The number of carboxylic acid groups (broad SMARTS) is 1. The van der Waals surface area contributed by atoms with Gasteiger partial charge in [-0.1, -0.05) is 13.8 Å². The number of aromatic carboxylic acids is 1. The van der Waals surface area contributed by atoms with Crippen molar-refractivity contribution < 1.29 is 14.7 Å². The third-order valence-electron chi connectivity index (χ3n) is 3.69. The summed E-state index contributed by atoms with van der Waals surface area (Å²) in [4.78, 5) is 22.6. The maximum absolute atomic E-state index is 11.8. The quantitative estimate of drug-likeness (QED) is 0.786. The van der Waals surface area contributed by atoms with Crippen molar-refractivity contribution in [1.82, 2.24) is 5.32 Å². The summed E-state index contributed by atoms with van der Waals surface area (Å²) in [6.45, 7) is 5.01. The minimum Gasteiger partial charge on any atom is -0.478 e. The van der Waals surface area contributed by atoms with E-state index in [0.29, 0.717) is 28.0 Å². The average Bonchev–Trinajstić information content (AvgIpc) is 2.97. The summed E-state index contributed by atoms with van der Waals surface area (Å²) in [5, 5.41) is 14.4. The normalized spacial score (nSPS) is 19.2. The van der Waals surface area contributed by atoms with E-state index in [1.165, 1.54) is 12.1 Å². The first kappa shape index (κ1) is 14.8. The van der Waals surface area contributed by atoms with E-state index in [1.54, 1.807) is 6.07 Å². The maximum Gasteiger partial charge on any atom is 0.335 e. The fourth-order valence-electron chi connectivity index (χ4n) is 2.06. The molecule has 2 amide bonds. The van der Waals surface area contributed by atoms with Gasteiger partial charge in [-0.2, -0.15) is 0 Å². The molecule has 1 unspecified atom stereocenters. The molecule has 0 saturated heterocycles. The van der Waals surface area contributed by atoms with Crippen molar-refractivity contribution in [2.24, 2.45) is 11.3 Å². The van der Waals surface area contributed by atoms with Gasteiger partial charge in [-0.25, -0.2) is 9.59 Å². The first-order valence-electron chi connectivity index (χ1n) is 6.37. The topological polar surface area (TPSA) is 78.4 Å². The van der Waals surface area contributed by atoms with Gasteiger partial charge in [-0.3, -0.25) is 0 Å². The Morgan fingerprint density at radius 3 is 2.60 bits per heavy atom. The molecule has 0 radical (unpaired) electrons. The number of benzene rings is 1. The Kier molecular flexibility index (Phi) is 4.04. The molecule has 0 aliphatic heterocycles. The van der Waals surface area contributed by atoms with Crippen LogP contribution in [0.2, 0.25) is 0 Å². The smallest absolute Gasteiger partial charge is 0.335 e. The summed E-state index contributed by atoms with van der Waals surface area (Å²) in [5.41, 5.74) is 1.04. The summed E-state index contributed by atoms with van der Waals surface area (Å²) in [5.74, 6) is -0.469. The Hall–Kier alpha value is -1.56. The van der Waals surface area contributed by atoms with Crippen LogP contribution in [0.1, 0.15) is 30.6 Å². The molecular weight excluding hydrogens is 324 g/mol. The molecule has 0 bridgehead atoms. The van der Waals surface area contributed by atoms with Gasteiger partial charge in [-0.05, 0) is 51.9 Å². The van der Waals surface area contributed by atoms with E-state index in [0.717, 1.165) is 6.42 Å². The number of hydrogen-bond acceptors (Lipinski definition) is 2. The molecule has 0 heterocycles. The number of hydrogen-bond donors (Lipinski definition) is 3. The standard InChI is InChI=1S/C14H17BrN2O3/c1-14(2)6-9(14)7-16-13(20)17-11-4-3-8(12(18)19)5-10(11)15/h3-5,9H,6-7H2,1-2H3,(H,18,19)(H2,16,17,20). The lowest BCUT2D eigenvalue weighted by Gasteiger charge is -2.10. The minimum absolute atomic E-state index is 0.169. The van der Waals surface area contributed by atoms with Crippen molar-refractivity contribution in [2.45, 2.75) is 20.3 Å². The molecule has 108 valence electrons. The van der Waals surface area contributed by atoms with Crippen molar-refractivity contribution >= 4 is 33.6 Å². The van der Waals surface area contributed by atoms with Crippen LogP contribution in [0.5, 0.6) is 0 Å². The van der Waals surface area contributed by atoms with E-state index in [9.17, 15) is 9.59 Å². The first-order valence-corrected chi connectivity index (χ1v) is 7.16. The molecule has 5 nitrogen and oxygen atoms in total. The second-order valence-electron chi connectivity index (χ2n) is 5.72. The van der Waals surface area contributed by atoms with E-state index in [1.807, 2.05) is 0 Å². The lowest BCUT2D eigenvalue weighted by atomic mass is 10.1. The molecule has 0 spiro atoms. The van der Waals surface area contributed by atoms with E-state index in [4.69, 9.17) is 5.11 Å². The lowest BCUT2D eigenvalue weighted by molar-refractivity contribution is 0.0697. The number of carbonyl (C=O) groups is 2. The Balaban J connectivity index is 1.89. The molecule has 1 aromatic carbocycles. The van der Waals surface area contributed by atoms with E-state index in [2.05, 4.69) is 40.4 Å². The average molecular weight is 341 g/mol. The number of halogens is 1. The van der Waals surface area contributed by atoms with Gasteiger partial charge in [0.1, 0.15) is 0 Å². The second-order valence-corrected chi connectivity index (χ2v) is 6.58. The highest BCUT2D eigenvalue weighted by molar-refractivity contribution is 9.10. The van der Waals surface area contributed by atoms with Crippen molar-refractivity contribution in [3.63, 3.8) is 0 Å². The van der Waals surface area contributed by atoms with Crippen molar-refractivity contribution in [3.8, 4) is 0 Å².